The van der Waals surface area contributed by atoms with Gasteiger partial charge in [-0.25, -0.2) is 0 Å². The predicted molar refractivity (Wildman–Crippen MR) is 84.4 cm³/mol. The van der Waals surface area contributed by atoms with Gasteiger partial charge in [0.1, 0.15) is 11.3 Å². The van der Waals surface area contributed by atoms with E-state index < -0.39 is 5.91 Å². The van der Waals surface area contributed by atoms with E-state index in [-0.39, 0.29) is 11.2 Å². The maximum absolute atomic E-state index is 12.2. The lowest BCUT2D eigenvalue weighted by Crippen LogP contribution is -2.24. The SMILES string of the molecule is COc1ccc2c(=O)cc(C(=O)NCc3cccnc3)oc2c1. The van der Waals surface area contributed by atoms with E-state index in [1.54, 1.807) is 36.7 Å². The Kier molecular flexibility index (Phi) is 4.05. The molecule has 6 nitrogen and oxygen atoms in total. The fraction of sp³-hybridized carbons (Fsp3) is 0.118. The molecule has 23 heavy (non-hydrogen) atoms. The number of fused-ring (bicyclic) bond motifs is 1. The molecule has 3 rings (SSSR count). The van der Waals surface area contributed by atoms with Gasteiger partial charge in [0.25, 0.3) is 5.91 Å². The van der Waals surface area contributed by atoms with E-state index in [1.807, 2.05) is 6.07 Å². The Hall–Kier alpha value is -3.15. The molecule has 0 unspecified atom stereocenters. The summed E-state index contributed by atoms with van der Waals surface area (Å²) in [6.07, 6.45) is 3.31. The number of rotatable bonds is 4. The first kappa shape index (κ1) is 14.8. The molecular formula is C17H14N2O4. The minimum atomic E-state index is -0.462. The highest BCUT2D eigenvalue weighted by Crippen LogP contribution is 2.19. The van der Waals surface area contributed by atoms with Crippen molar-refractivity contribution >= 4 is 16.9 Å². The molecule has 1 N–H and O–H groups in total. The van der Waals surface area contributed by atoms with Crippen LogP contribution in [0, 0.1) is 0 Å². The lowest BCUT2D eigenvalue weighted by molar-refractivity contribution is 0.0923. The number of methoxy groups -OCH3 is 1. The highest BCUT2D eigenvalue weighted by Gasteiger charge is 2.12. The van der Waals surface area contributed by atoms with Gasteiger partial charge in [-0.3, -0.25) is 14.6 Å². The van der Waals surface area contributed by atoms with E-state index in [2.05, 4.69) is 10.3 Å². The second-order valence-corrected chi connectivity index (χ2v) is 4.88. The third kappa shape index (κ3) is 3.21. The summed E-state index contributed by atoms with van der Waals surface area (Å²) in [5.74, 6) is 0.0453. The van der Waals surface area contributed by atoms with Crippen molar-refractivity contribution in [3.63, 3.8) is 0 Å². The molecule has 2 aromatic heterocycles. The van der Waals surface area contributed by atoms with Crippen LogP contribution in [0.15, 0.2) is 58.0 Å². The summed E-state index contributed by atoms with van der Waals surface area (Å²) < 4.78 is 10.6. The number of ether oxygens (including phenoxy) is 1. The van der Waals surface area contributed by atoms with E-state index >= 15 is 0 Å². The molecule has 0 aliphatic heterocycles. The predicted octanol–water partition coefficient (Wildman–Crippen LogP) is 2.13. The van der Waals surface area contributed by atoms with Crippen molar-refractivity contribution in [1.82, 2.24) is 10.3 Å². The molecule has 1 aromatic carbocycles. The van der Waals surface area contributed by atoms with Gasteiger partial charge < -0.3 is 14.5 Å². The van der Waals surface area contributed by atoms with Gasteiger partial charge in [-0.1, -0.05) is 6.07 Å². The van der Waals surface area contributed by atoms with Crippen LogP contribution in [0.4, 0.5) is 0 Å². The minimum Gasteiger partial charge on any atom is -0.497 e. The molecule has 0 fully saturated rings. The summed E-state index contributed by atoms with van der Waals surface area (Å²) in [7, 11) is 1.52. The summed E-state index contributed by atoms with van der Waals surface area (Å²) in [6, 6.07) is 9.67. The summed E-state index contributed by atoms with van der Waals surface area (Å²) >= 11 is 0. The Morgan fingerprint density at radius 3 is 2.91 bits per heavy atom. The molecule has 0 radical (unpaired) electrons. The molecule has 0 saturated carbocycles. The van der Waals surface area contributed by atoms with Crippen LogP contribution >= 0.6 is 0 Å². The Morgan fingerprint density at radius 1 is 1.30 bits per heavy atom. The van der Waals surface area contributed by atoms with Gasteiger partial charge in [-0.05, 0) is 23.8 Å². The monoisotopic (exact) mass is 310 g/mol. The van der Waals surface area contributed by atoms with E-state index in [0.29, 0.717) is 23.3 Å². The number of hydrogen-bond donors (Lipinski definition) is 1. The van der Waals surface area contributed by atoms with Crippen LogP contribution in [0.2, 0.25) is 0 Å². The van der Waals surface area contributed by atoms with Crippen molar-refractivity contribution in [2.75, 3.05) is 7.11 Å². The van der Waals surface area contributed by atoms with E-state index in [4.69, 9.17) is 9.15 Å². The molecule has 1 amide bonds. The fourth-order valence-corrected chi connectivity index (χ4v) is 2.15. The van der Waals surface area contributed by atoms with Crippen LogP contribution in [0.25, 0.3) is 11.0 Å². The second-order valence-electron chi connectivity index (χ2n) is 4.88. The van der Waals surface area contributed by atoms with Crippen LogP contribution in [0.1, 0.15) is 16.1 Å². The maximum atomic E-state index is 12.2. The lowest BCUT2D eigenvalue weighted by Gasteiger charge is -2.06. The number of hydrogen-bond acceptors (Lipinski definition) is 5. The van der Waals surface area contributed by atoms with E-state index in [9.17, 15) is 9.59 Å². The summed E-state index contributed by atoms with van der Waals surface area (Å²) in [5.41, 5.74) is 0.884. The third-order valence-electron chi connectivity index (χ3n) is 3.34. The number of amides is 1. The molecule has 2 heterocycles. The number of pyridine rings is 1. The second kappa shape index (κ2) is 6.31. The molecule has 116 valence electrons. The van der Waals surface area contributed by atoms with E-state index in [1.165, 1.54) is 13.2 Å². The van der Waals surface area contributed by atoms with Crippen LogP contribution < -0.4 is 15.5 Å². The van der Waals surface area contributed by atoms with Gasteiger partial charge in [-0.2, -0.15) is 0 Å². The average molecular weight is 310 g/mol. The number of carbonyl (C=O) groups excluding carboxylic acids is 1. The van der Waals surface area contributed by atoms with Crippen molar-refractivity contribution in [2.24, 2.45) is 0 Å². The zero-order valence-corrected chi connectivity index (χ0v) is 12.4. The number of benzene rings is 1. The minimum absolute atomic E-state index is 0.0420. The number of nitrogens with one attached hydrogen (secondary N) is 1. The Balaban J connectivity index is 1.87. The van der Waals surface area contributed by atoms with Crippen LogP contribution in [0.5, 0.6) is 5.75 Å². The molecule has 3 aromatic rings. The van der Waals surface area contributed by atoms with Gasteiger partial charge >= 0.3 is 0 Å². The molecule has 0 atom stereocenters. The largest absolute Gasteiger partial charge is 0.497 e. The van der Waals surface area contributed by atoms with Gasteiger partial charge in [0, 0.05) is 31.1 Å². The van der Waals surface area contributed by atoms with Crippen LogP contribution in [-0.2, 0) is 6.54 Å². The fourth-order valence-electron chi connectivity index (χ4n) is 2.15. The van der Waals surface area contributed by atoms with Crippen LogP contribution in [0.3, 0.4) is 0 Å². The summed E-state index contributed by atoms with van der Waals surface area (Å²) in [6.45, 7) is 0.298. The third-order valence-corrected chi connectivity index (χ3v) is 3.34. The Morgan fingerprint density at radius 2 is 2.17 bits per heavy atom. The first-order valence-corrected chi connectivity index (χ1v) is 6.96. The Labute approximate surface area is 131 Å². The highest BCUT2D eigenvalue weighted by molar-refractivity contribution is 5.93. The molecular weight excluding hydrogens is 296 g/mol. The number of nitrogens with zero attached hydrogens (tertiary/aromatic N) is 1. The van der Waals surface area contributed by atoms with Crippen molar-refractivity contribution in [3.8, 4) is 5.75 Å². The first-order valence-electron chi connectivity index (χ1n) is 6.96. The molecule has 0 bridgehead atoms. The van der Waals surface area contributed by atoms with Crippen molar-refractivity contribution < 1.29 is 13.9 Å². The van der Waals surface area contributed by atoms with Gasteiger partial charge in [-0.15, -0.1) is 0 Å². The topological polar surface area (TPSA) is 81.4 Å². The normalized spacial score (nSPS) is 10.5. The highest BCUT2D eigenvalue weighted by atomic mass is 16.5. The standard InChI is InChI=1S/C17H14N2O4/c1-22-12-4-5-13-14(20)8-16(23-15(13)7-12)17(21)19-10-11-3-2-6-18-9-11/h2-9H,10H2,1H3,(H,19,21). The maximum Gasteiger partial charge on any atom is 0.287 e. The molecule has 6 heteroatoms. The average Bonchev–Trinajstić information content (AvgIpc) is 2.60. The molecule has 0 saturated heterocycles. The van der Waals surface area contributed by atoms with Gasteiger partial charge in [0.05, 0.1) is 12.5 Å². The van der Waals surface area contributed by atoms with Crippen molar-refractivity contribution in [3.05, 3.63) is 70.3 Å². The first-order chi connectivity index (χ1) is 11.2. The number of carbonyl (C=O) groups is 1. The Bertz CT molecular complexity index is 903. The van der Waals surface area contributed by atoms with Gasteiger partial charge in [0.2, 0.25) is 0 Å². The molecule has 0 aliphatic carbocycles. The zero-order valence-electron chi connectivity index (χ0n) is 12.4. The van der Waals surface area contributed by atoms with Crippen molar-refractivity contribution in [2.45, 2.75) is 6.54 Å². The lowest BCUT2D eigenvalue weighted by atomic mass is 10.2. The van der Waals surface area contributed by atoms with Gasteiger partial charge in [0.15, 0.2) is 11.2 Å². The summed E-state index contributed by atoms with van der Waals surface area (Å²) in [4.78, 5) is 28.2. The molecule has 0 spiro atoms. The number of aromatic nitrogens is 1. The van der Waals surface area contributed by atoms with E-state index in [0.717, 1.165) is 5.56 Å². The molecule has 0 aliphatic rings. The zero-order chi connectivity index (χ0) is 16.2. The quantitative estimate of drug-likeness (QED) is 0.798. The summed E-state index contributed by atoms with van der Waals surface area (Å²) in [5, 5.41) is 3.09. The van der Waals surface area contributed by atoms with Crippen LogP contribution in [-0.4, -0.2) is 18.0 Å². The van der Waals surface area contributed by atoms with Crippen molar-refractivity contribution in [1.29, 1.82) is 0 Å². The smallest absolute Gasteiger partial charge is 0.287 e.